The van der Waals surface area contributed by atoms with E-state index in [1.807, 2.05) is 0 Å². The van der Waals surface area contributed by atoms with Crippen molar-refractivity contribution >= 4 is 40.5 Å². The number of amides is 2. The highest BCUT2D eigenvalue weighted by atomic mass is 32.1. The van der Waals surface area contributed by atoms with Crippen molar-refractivity contribution in [2.75, 3.05) is 24.9 Å². The number of ether oxygens (including phenoxy) is 2. The number of hydrogen-bond donors (Lipinski definition) is 3. The predicted octanol–water partition coefficient (Wildman–Crippen LogP) is 3.43. The maximum absolute atomic E-state index is 12.4. The molecule has 7 nitrogen and oxygen atoms in total. The quantitative estimate of drug-likeness (QED) is 0.643. The summed E-state index contributed by atoms with van der Waals surface area (Å²) < 4.78 is 10.5. The minimum Gasteiger partial charge on any atom is -0.496 e. The van der Waals surface area contributed by atoms with E-state index in [0.717, 1.165) is 0 Å². The minimum atomic E-state index is -0.386. The lowest BCUT2D eigenvalue weighted by atomic mass is 10.2. The normalized spacial score (nSPS) is 10.2. The second kappa shape index (κ2) is 9.70. The molecule has 0 aliphatic rings. The molecule has 148 valence electrons. The summed E-state index contributed by atoms with van der Waals surface area (Å²) in [5.41, 5.74) is 1.53. The third-order valence-electron chi connectivity index (χ3n) is 3.82. The highest BCUT2D eigenvalue weighted by Crippen LogP contribution is 2.28. The fourth-order valence-electron chi connectivity index (χ4n) is 2.31. The fraction of sp³-hybridized carbons (Fsp3) is 0.250. The van der Waals surface area contributed by atoms with Crippen LogP contribution in [-0.2, 0) is 4.79 Å². The lowest BCUT2D eigenvalue weighted by Gasteiger charge is -2.15. The van der Waals surface area contributed by atoms with Crippen molar-refractivity contribution in [3.8, 4) is 11.5 Å². The Kier molecular flexibility index (Phi) is 7.34. The molecule has 0 aliphatic carbocycles. The summed E-state index contributed by atoms with van der Waals surface area (Å²) in [7, 11) is 3.00. The number of nitrogens with one attached hydrogen (secondary N) is 3. The largest absolute Gasteiger partial charge is 0.496 e. The van der Waals surface area contributed by atoms with Crippen LogP contribution < -0.4 is 25.4 Å². The van der Waals surface area contributed by atoms with Crippen molar-refractivity contribution in [3.05, 3.63) is 48.0 Å². The Balaban J connectivity index is 2.07. The number of rotatable bonds is 6. The molecule has 0 heterocycles. The molecule has 0 fully saturated rings. The number of carbonyl (C=O) groups excluding carboxylic acids is 2. The van der Waals surface area contributed by atoms with E-state index in [9.17, 15) is 9.59 Å². The summed E-state index contributed by atoms with van der Waals surface area (Å²) in [4.78, 5) is 24.3. The van der Waals surface area contributed by atoms with Gasteiger partial charge in [-0.05, 0) is 36.5 Å². The van der Waals surface area contributed by atoms with Crippen molar-refractivity contribution < 1.29 is 19.1 Å². The summed E-state index contributed by atoms with van der Waals surface area (Å²) in [5.74, 6) is 0.272. The van der Waals surface area contributed by atoms with Crippen LogP contribution in [0.25, 0.3) is 0 Å². The zero-order valence-electron chi connectivity index (χ0n) is 16.2. The smallest absolute Gasteiger partial charge is 0.261 e. The lowest BCUT2D eigenvalue weighted by molar-refractivity contribution is -0.118. The maximum atomic E-state index is 12.4. The molecule has 0 atom stereocenters. The molecule has 3 N–H and O–H groups in total. The number of hydrogen-bond acceptors (Lipinski definition) is 5. The van der Waals surface area contributed by atoms with Crippen LogP contribution in [0.2, 0.25) is 0 Å². The van der Waals surface area contributed by atoms with Crippen LogP contribution in [0, 0.1) is 5.92 Å². The third-order valence-corrected chi connectivity index (χ3v) is 4.02. The lowest BCUT2D eigenvalue weighted by Crippen LogP contribution is -2.34. The van der Waals surface area contributed by atoms with Gasteiger partial charge in [0.05, 0.1) is 25.5 Å². The first-order valence-electron chi connectivity index (χ1n) is 8.60. The molecule has 8 heteroatoms. The van der Waals surface area contributed by atoms with Gasteiger partial charge in [0.25, 0.3) is 5.91 Å². The molecule has 0 bridgehead atoms. The van der Waals surface area contributed by atoms with Gasteiger partial charge in [-0.25, -0.2) is 0 Å². The van der Waals surface area contributed by atoms with E-state index >= 15 is 0 Å². The molecule has 0 spiro atoms. The second-order valence-corrected chi connectivity index (χ2v) is 6.58. The van der Waals surface area contributed by atoms with Crippen molar-refractivity contribution in [1.29, 1.82) is 0 Å². The summed E-state index contributed by atoms with van der Waals surface area (Å²) in [6.07, 6.45) is 0. The summed E-state index contributed by atoms with van der Waals surface area (Å²) in [5, 5.41) is 8.46. The van der Waals surface area contributed by atoms with E-state index in [4.69, 9.17) is 21.7 Å². The monoisotopic (exact) mass is 401 g/mol. The number of benzene rings is 2. The Morgan fingerprint density at radius 3 is 2.29 bits per heavy atom. The van der Waals surface area contributed by atoms with Crippen molar-refractivity contribution in [2.24, 2.45) is 5.92 Å². The molecule has 0 saturated carbocycles. The van der Waals surface area contributed by atoms with Crippen LogP contribution in [0.15, 0.2) is 42.5 Å². The van der Waals surface area contributed by atoms with Gasteiger partial charge in [0.1, 0.15) is 11.5 Å². The first-order valence-corrected chi connectivity index (χ1v) is 9.00. The molecule has 0 aromatic heterocycles. The van der Waals surface area contributed by atoms with E-state index in [1.54, 1.807) is 56.3 Å². The third kappa shape index (κ3) is 5.43. The molecule has 0 saturated heterocycles. The number of thiocarbonyl (C=S) groups is 1. The Bertz CT molecular complexity index is 884. The van der Waals surface area contributed by atoms with Gasteiger partial charge >= 0.3 is 0 Å². The Labute approximate surface area is 169 Å². The zero-order chi connectivity index (χ0) is 20.7. The van der Waals surface area contributed by atoms with E-state index in [2.05, 4.69) is 16.0 Å². The molecule has 2 aromatic carbocycles. The summed E-state index contributed by atoms with van der Waals surface area (Å²) >= 11 is 5.21. The zero-order valence-corrected chi connectivity index (χ0v) is 17.0. The molecule has 2 amide bonds. The molecule has 2 rings (SSSR count). The molecule has 0 radical (unpaired) electrons. The summed E-state index contributed by atoms with van der Waals surface area (Å²) in [6.45, 7) is 3.61. The average molecular weight is 401 g/mol. The van der Waals surface area contributed by atoms with Gasteiger partial charge in [0, 0.05) is 17.7 Å². The van der Waals surface area contributed by atoms with Gasteiger partial charge in [-0.15, -0.1) is 0 Å². The van der Waals surface area contributed by atoms with Gasteiger partial charge in [-0.3, -0.25) is 14.9 Å². The topological polar surface area (TPSA) is 88.7 Å². The van der Waals surface area contributed by atoms with Crippen LogP contribution in [-0.4, -0.2) is 31.1 Å². The molecular formula is C20H23N3O4S. The van der Waals surface area contributed by atoms with E-state index < -0.39 is 0 Å². The van der Waals surface area contributed by atoms with Gasteiger partial charge < -0.3 is 20.1 Å². The van der Waals surface area contributed by atoms with Crippen LogP contribution >= 0.6 is 12.2 Å². The number of anilines is 2. The second-order valence-electron chi connectivity index (χ2n) is 6.17. The van der Waals surface area contributed by atoms with Gasteiger partial charge in [-0.1, -0.05) is 26.0 Å². The van der Waals surface area contributed by atoms with Gasteiger partial charge in [-0.2, -0.15) is 0 Å². The van der Waals surface area contributed by atoms with Crippen LogP contribution in [0.3, 0.4) is 0 Å². The minimum absolute atomic E-state index is 0.112. The highest BCUT2D eigenvalue weighted by Gasteiger charge is 2.14. The number of para-hydroxylation sites is 1. The Morgan fingerprint density at radius 2 is 1.64 bits per heavy atom. The molecule has 2 aromatic rings. The molecule has 0 unspecified atom stereocenters. The van der Waals surface area contributed by atoms with Crippen LogP contribution in [0.1, 0.15) is 24.2 Å². The number of carbonyl (C=O) groups is 2. The first kappa shape index (κ1) is 21.2. The molecular weight excluding hydrogens is 378 g/mol. The van der Waals surface area contributed by atoms with E-state index in [-0.39, 0.29) is 22.8 Å². The standard InChI is InChI=1S/C20H23N3O4S/c1-12(2)18(24)22-15-10-9-13(11-17(15)27-4)21-20(28)23-19(25)14-7-5-6-8-16(14)26-3/h5-12H,1-4H3,(H,22,24)(H2,21,23,25,28). The Hall–Kier alpha value is -3.13. The number of methoxy groups -OCH3 is 2. The molecule has 0 aliphatic heterocycles. The fourth-order valence-corrected chi connectivity index (χ4v) is 2.52. The average Bonchev–Trinajstić information content (AvgIpc) is 2.68. The van der Waals surface area contributed by atoms with Gasteiger partial charge in [0.15, 0.2) is 5.11 Å². The van der Waals surface area contributed by atoms with Crippen molar-refractivity contribution in [2.45, 2.75) is 13.8 Å². The van der Waals surface area contributed by atoms with Gasteiger partial charge in [0.2, 0.25) is 5.91 Å². The molecule has 28 heavy (non-hydrogen) atoms. The highest BCUT2D eigenvalue weighted by molar-refractivity contribution is 7.80. The summed E-state index contributed by atoms with van der Waals surface area (Å²) in [6, 6.07) is 12.0. The first-order chi connectivity index (χ1) is 13.3. The van der Waals surface area contributed by atoms with E-state index in [0.29, 0.717) is 28.4 Å². The van der Waals surface area contributed by atoms with Crippen molar-refractivity contribution in [1.82, 2.24) is 5.32 Å². The SMILES string of the molecule is COc1cc(NC(=S)NC(=O)c2ccccc2OC)ccc1NC(=O)C(C)C. The van der Waals surface area contributed by atoms with Crippen LogP contribution in [0.5, 0.6) is 11.5 Å². The predicted molar refractivity (Wildman–Crippen MR) is 113 cm³/mol. The van der Waals surface area contributed by atoms with E-state index in [1.165, 1.54) is 14.2 Å². The maximum Gasteiger partial charge on any atom is 0.261 e. The Morgan fingerprint density at radius 1 is 0.964 bits per heavy atom. The van der Waals surface area contributed by atoms with Crippen molar-refractivity contribution in [3.63, 3.8) is 0 Å². The van der Waals surface area contributed by atoms with Crippen LogP contribution in [0.4, 0.5) is 11.4 Å².